The molecule has 0 aliphatic carbocycles. The van der Waals surface area contributed by atoms with E-state index in [-0.39, 0.29) is 24.3 Å². The SMILES string of the molecule is CC1CC(C(=O)O)CN(C(=O)C2COc3ccc(Cl)cc3C2)C1. The van der Waals surface area contributed by atoms with E-state index in [1.807, 2.05) is 19.1 Å². The van der Waals surface area contributed by atoms with Crippen molar-refractivity contribution in [1.29, 1.82) is 0 Å². The predicted octanol–water partition coefficient (Wildman–Crippen LogP) is 2.46. The van der Waals surface area contributed by atoms with Crippen molar-refractivity contribution in [3.63, 3.8) is 0 Å². The molecule has 1 N–H and O–H groups in total. The highest BCUT2D eigenvalue weighted by atomic mass is 35.5. The normalized spacial score (nSPS) is 27.0. The molecular formula is C17H20ClNO4. The molecule has 0 spiro atoms. The highest BCUT2D eigenvalue weighted by Gasteiger charge is 2.36. The summed E-state index contributed by atoms with van der Waals surface area (Å²) in [7, 11) is 0. The molecule has 1 aromatic rings. The average molecular weight is 338 g/mol. The van der Waals surface area contributed by atoms with Gasteiger partial charge < -0.3 is 14.7 Å². The Bertz CT molecular complexity index is 633. The van der Waals surface area contributed by atoms with E-state index in [2.05, 4.69) is 0 Å². The van der Waals surface area contributed by atoms with Crippen molar-refractivity contribution in [2.45, 2.75) is 19.8 Å². The molecule has 3 rings (SSSR count). The molecule has 3 unspecified atom stereocenters. The number of fused-ring (bicyclic) bond motifs is 1. The van der Waals surface area contributed by atoms with Crippen LogP contribution in [0.2, 0.25) is 5.02 Å². The van der Waals surface area contributed by atoms with E-state index in [1.54, 1.807) is 11.0 Å². The minimum absolute atomic E-state index is 0.0200. The first-order valence-electron chi connectivity index (χ1n) is 7.87. The van der Waals surface area contributed by atoms with Crippen LogP contribution in [0.25, 0.3) is 0 Å². The number of hydrogen-bond acceptors (Lipinski definition) is 3. The lowest BCUT2D eigenvalue weighted by molar-refractivity contribution is -0.148. The Morgan fingerprint density at radius 1 is 1.30 bits per heavy atom. The summed E-state index contributed by atoms with van der Waals surface area (Å²) >= 11 is 6.01. The van der Waals surface area contributed by atoms with Gasteiger partial charge in [0, 0.05) is 18.1 Å². The summed E-state index contributed by atoms with van der Waals surface area (Å²) in [5.74, 6) is -0.636. The molecule has 2 aliphatic heterocycles. The van der Waals surface area contributed by atoms with Crippen molar-refractivity contribution in [3.05, 3.63) is 28.8 Å². The van der Waals surface area contributed by atoms with E-state index in [1.165, 1.54) is 0 Å². The number of halogens is 1. The maximum absolute atomic E-state index is 12.8. The fraction of sp³-hybridized carbons (Fsp3) is 0.529. The first kappa shape index (κ1) is 16.1. The van der Waals surface area contributed by atoms with E-state index in [0.29, 0.717) is 31.0 Å². The van der Waals surface area contributed by atoms with Crippen LogP contribution < -0.4 is 4.74 Å². The van der Waals surface area contributed by atoms with Crippen LogP contribution in [0.5, 0.6) is 5.75 Å². The van der Waals surface area contributed by atoms with E-state index < -0.39 is 11.9 Å². The first-order chi connectivity index (χ1) is 10.9. The van der Waals surface area contributed by atoms with E-state index in [9.17, 15) is 14.7 Å². The van der Waals surface area contributed by atoms with Crippen LogP contribution in [-0.4, -0.2) is 41.6 Å². The number of nitrogens with zero attached hydrogens (tertiary/aromatic N) is 1. The second-order valence-corrected chi connectivity index (χ2v) is 7.02. The molecule has 2 aliphatic rings. The van der Waals surface area contributed by atoms with Crippen molar-refractivity contribution < 1.29 is 19.4 Å². The lowest BCUT2D eigenvalue weighted by Crippen LogP contribution is -2.49. The van der Waals surface area contributed by atoms with Gasteiger partial charge in [-0.05, 0) is 42.5 Å². The number of carboxylic acid groups (broad SMARTS) is 1. The van der Waals surface area contributed by atoms with Gasteiger partial charge in [-0.25, -0.2) is 0 Å². The van der Waals surface area contributed by atoms with Gasteiger partial charge in [-0.1, -0.05) is 18.5 Å². The monoisotopic (exact) mass is 337 g/mol. The minimum Gasteiger partial charge on any atom is -0.492 e. The number of piperidine rings is 1. The third-order valence-electron chi connectivity index (χ3n) is 4.60. The number of carboxylic acids is 1. The van der Waals surface area contributed by atoms with Crippen molar-refractivity contribution in [1.82, 2.24) is 4.90 Å². The molecule has 23 heavy (non-hydrogen) atoms. The summed E-state index contributed by atoms with van der Waals surface area (Å²) in [5, 5.41) is 9.87. The van der Waals surface area contributed by atoms with E-state index in [4.69, 9.17) is 16.3 Å². The van der Waals surface area contributed by atoms with E-state index in [0.717, 1.165) is 11.3 Å². The highest BCUT2D eigenvalue weighted by Crippen LogP contribution is 2.31. The number of carbonyl (C=O) groups excluding carboxylic acids is 1. The van der Waals surface area contributed by atoms with Gasteiger partial charge in [0.15, 0.2) is 0 Å². The molecule has 5 nitrogen and oxygen atoms in total. The summed E-state index contributed by atoms with van der Waals surface area (Å²) in [6.45, 7) is 3.22. The number of rotatable bonds is 2. The maximum atomic E-state index is 12.8. The topological polar surface area (TPSA) is 66.8 Å². The summed E-state index contributed by atoms with van der Waals surface area (Å²) in [6.07, 6.45) is 1.20. The molecular weight excluding hydrogens is 318 g/mol. The van der Waals surface area contributed by atoms with Crippen molar-refractivity contribution in [3.8, 4) is 5.75 Å². The van der Waals surface area contributed by atoms with Crippen molar-refractivity contribution in [2.24, 2.45) is 17.8 Å². The first-order valence-corrected chi connectivity index (χ1v) is 8.24. The van der Waals surface area contributed by atoms with Crippen LogP contribution >= 0.6 is 11.6 Å². The molecule has 0 aromatic heterocycles. The lowest BCUT2D eigenvalue weighted by Gasteiger charge is -2.37. The Morgan fingerprint density at radius 3 is 2.83 bits per heavy atom. The quantitative estimate of drug-likeness (QED) is 0.900. The second-order valence-electron chi connectivity index (χ2n) is 6.58. The Kier molecular flexibility index (Phi) is 4.48. The molecule has 1 amide bonds. The van der Waals surface area contributed by atoms with Crippen LogP contribution in [0.1, 0.15) is 18.9 Å². The van der Waals surface area contributed by atoms with Gasteiger partial charge in [0.1, 0.15) is 12.4 Å². The van der Waals surface area contributed by atoms with Gasteiger partial charge in [0.25, 0.3) is 0 Å². The molecule has 1 saturated heterocycles. The molecule has 124 valence electrons. The van der Waals surface area contributed by atoms with Crippen molar-refractivity contribution in [2.75, 3.05) is 19.7 Å². The summed E-state index contributed by atoms with van der Waals surface area (Å²) < 4.78 is 5.68. The Hall–Kier alpha value is -1.75. The summed E-state index contributed by atoms with van der Waals surface area (Å²) in [6, 6.07) is 5.42. The zero-order chi connectivity index (χ0) is 16.6. The van der Waals surface area contributed by atoms with Crippen LogP contribution in [-0.2, 0) is 16.0 Å². The van der Waals surface area contributed by atoms with Gasteiger partial charge >= 0.3 is 5.97 Å². The number of hydrogen-bond donors (Lipinski definition) is 1. The van der Waals surface area contributed by atoms with Crippen LogP contribution in [0, 0.1) is 17.8 Å². The van der Waals surface area contributed by atoms with Gasteiger partial charge in [0.05, 0.1) is 11.8 Å². The highest BCUT2D eigenvalue weighted by molar-refractivity contribution is 6.30. The number of ether oxygens (including phenoxy) is 1. The molecule has 0 radical (unpaired) electrons. The lowest BCUT2D eigenvalue weighted by atomic mass is 9.88. The third kappa shape index (κ3) is 3.44. The second kappa shape index (κ2) is 6.40. The molecule has 1 fully saturated rings. The zero-order valence-corrected chi connectivity index (χ0v) is 13.8. The van der Waals surface area contributed by atoms with Gasteiger partial charge in [-0.15, -0.1) is 0 Å². The number of likely N-dealkylation sites (tertiary alicyclic amines) is 1. The fourth-order valence-corrected chi connectivity index (χ4v) is 3.69. The van der Waals surface area contributed by atoms with Crippen LogP contribution in [0.3, 0.4) is 0 Å². The largest absolute Gasteiger partial charge is 0.492 e. The molecule has 1 aromatic carbocycles. The van der Waals surface area contributed by atoms with Gasteiger partial charge in [0.2, 0.25) is 5.91 Å². The molecule has 3 atom stereocenters. The van der Waals surface area contributed by atoms with Gasteiger partial charge in [-0.3, -0.25) is 9.59 Å². The van der Waals surface area contributed by atoms with Crippen molar-refractivity contribution >= 4 is 23.5 Å². The van der Waals surface area contributed by atoms with Crippen LogP contribution in [0.15, 0.2) is 18.2 Å². The number of amides is 1. The summed E-state index contributed by atoms with van der Waals surface area (Å²) in [4.78, 5) is 25.7. The molecule has 2 heterocycles. The minimum atomic E-state index is -0.827. The zero-order valence-electron chi connectivity index (χ0n) is 13.0. The Balaban J connectivity index is 1.72. The Labute approximate surface area is 140 Å². The number of aliphatic carboxylic acids is 1. The maximum Gasteiger partial charge on any atom is 0.308 e. The van der Waals surface area contributed by atoms with Crippen LogP contribution in [0.4, 0.5) is 0 Å². The van der Waals surface area contributed by atoms with E-state index >= 15 is 0 Å². The molecule has 0 bridgehead atoms. The summed E-state index contributed by atoms with van der Waals surface area (Å²) in [5.41, 5.74) is 0.932. The smallest absolute Gasteiger partial charge is 0.308 e. The fourth-order valence-electron chi connectivity index (χ4n) is 3.49. The predicted molar refractivity (Wildman–Crippen MR) is 85.6 cm³/mol. The number of carbonyl (C=O) groups is 2. The molecule has 0 saturated carbocycles. The Morgan fingerprint density at radius 2 is 2.09 bits per heavy atom. The standard InChI is InChI=1S/C17H20ClNO4/c1-10-4-12(17(21)22)8-19(7-10)16(20)13-5-11-6-14(18)2-3-15(11)23-9-13/h2-3,6,10,12-13H,4-5,7-9H2,1H3,(H,21,22). The molecule has 6 heteroatoms. The third-order valence-corrected chi connectivity index (χ3v) is 4.83. The average Bonchev–Trinajstić information content (AvgIpc) is 2.52. The van der Waals surface area contributed by atoms with Gasteiger partial charge in [-0.2, -0.15) is 0 Å². The number of benzene rings is 1.